The van der Waals surface area contributed by atoms with Gasteiger partial charge in [-0.2, -0.15) is 0 Å². The number of ether oxygens (including phenoxy) is 1. The van der Waals surface area contributed by atoms with E-state index in [1.165, 1.54) is 26.2 Å². The van der Waals surface area contributed by atoms with Gasteiger partial charge in [0.05, 0.1) is 13.2 Å². The fourth-order valence-electron chi connectivity index (χ4n) is 1.36. The number of aliphatic hydroxyl groups excluding tert-OH is 1. The van der Waals surface area contributed by atoms with Gasteiger partial charge in [-0.05, 0) is 18.6 Å². The van der Waals surface area contributed by atoms with E-state index in [4.69, 9.17) is 9.84 Å². The summed E-state index contributed by atoms with van der Waals surface area (Å²) in [6.45, 7) is 1.44. The van der Waals surface area contributed by atoms with E-state index in [9.17, 15) is 15.0 Å². The molecule has 82 valence electrons. The molecule has 1 aromatic carbocycles. The number of aromatic hydroxyl groups is 1. The third-order valence-corrected chi connectivity index (χ3v) is 2.04. The molecule has 0 aliphatic heterocycles. The number of carboxylic acid groups (broad SMARTS) is 1. The Kier molecular flexibility index (Phi) is 3.16. The Morgan fingerprint density at radius 3 is 2.47 bits per heavy atom. The second-order valence-corrected chi connectivity index (χ2v) is 3.06. The molecule has 1 rings (SSSR count). The number of aromatic carboxylic acids is 1. The number of hydrogen-bond donors (Lipinski definition) is 3. The molecular formula is C10H12O5. The lowest BCUT2D eigenvalue weighted by Gasteiger charge is -2.13. The van der Waals surface area contributed by atoms with Gasteiger partial charge in [0.1, 0.15) is 5.56 Å². The van der Waals surface area contributed by atoms with Gasteiger partial charge in [-0.3, -0.25) is 0 Å². The quantitative estimate of drug-likeness (QED) is 0.699. The van der Waals surface area contributed by atoms with E-state index in [1.54, 1.807) is 0 Å². The highest BCUT2D eigenvalue weighted by molar-refractivity contribution is 5.94. The van der Waals surface area contributed by atoms with E-state index in [0.29, 0.717) is 0 Å². The molecule has 0 fully saturated rings. The smallest absolute Gasteiger partial charge is 0.340 e. The zero-order valence-corrected chi connectivity index (χ0v) is 8.39. The van der Waals surface area contributed by atoms with Crippen LogP contribution in [0.25, 0.3) is 0 Å². The van der Waals surface area contributed by atoms with Gasteiger partial charge in [0.2, 0.25) is 0 Å². The molecule has 0 heterocycles. The second-order valence-electron chi connectivity index (χ2n) is 3.06. The molecule has 1 atom stereocenters. The van der Waals surface area contributed by atoms with Gasteiger partial charge in [0, 0.05) is 0 Å². The van der Waals surface area contributed by atoms with Gasteiger partial charge in [-0.15, -0.1) is 0 Å². The monoisotopic (exact) mass is 212 g/mol. The van der Waals surface area contributed by atoms with E-state index in [2.05, 4.69) is 0 Å². The minimum absolute atomic E-state index is 0.138. The molecule has 5 heteroatoms. The highest BCUT2D eigenvalue weighted by Gasteiger charge is 2.22. The van der Waals surface area contributed by atoms with Crippen molar-refractivity contribution in [2.45, 2.75) is 13.0 Å². The molecule has 1 aromatic rings. The zero-order chi connectivity index (χ0) is 11.6. The zero-order valence-electron chi connectivity index (χ0n) is 8.39. The standard InChI is InChI=1S/C10H12O5/c1-5(11)6-3-4-7(12)9(15-2)8(6)10(13)14/h3-5,11-12H,1-2H3,(H,13,14). The van der Waals surface area contributed by atoms with E-state index >= 15 is 0 Å². The van der Waals surface area contributed by atoms with Crippen LogP contribution in [0.5, 0.6) is 11.5 Å². The van der Waals surface area contributed by atoms with Crippen LogP contribution in [0.2, 0.25) is 0 Å². The third kappa shape index (κ3) is 2.02. The highest BCUT2D eigenvalue weighted by atomic mass is 16.5. The Balaban J connectivity index is 3.49. The van der Waals surface area contributed by atoms with Crippen molar-refractivity contribution in [3.8, 4) is 11.5 Å². The Labute approximate surface area is 86.5 Å². The van der Waals surface area contributed by atoms with Crippen molar-refractivity contribution in [1.82, 2.24) is 0 Å². The first-order valence-corrected chi connectivity index (χ1v) is 4.30. The molecule has 3 N–H and O–H groups in total. The summed E-state index contributed by atoms with van der Waals surface area (Å²) in [6, 6.07) is 2.64. The first-order chi connectivity index (χ1) is 6.99. The van der Waals surface area contributed by atoms with Crippen LogP contribution in [0.15, 0.2) is 12.1 Å². The van der Waals surface area contributed by atoms with Crippen molar-refractivity contribution >= 4 is 5.97 Å². The molecule has 0 amide bonds. The van der Waals surface area contributed by atoms with Crippen molar-refractivity contribution in [3.63, 3.8) is 0 Å². The van der Waals surface area contributed by atoms with Gasteiger partial charge < -0.3 is 20.1 Å². The number of carbonyl (C=O) groups is 1. The van der Waals surface area contributed by atoms with Gasteiger partial charge in [-0.1, -0.05) is 6.07 Å². The molecule has 15 heavy (non-hydrogen) atoms. The summed E-state index contributed by atoms with van der Waals surface area (Å²) in [5.74, 6) is -1.65. The minimum atomic E-state index is -1.25. The normalized spacial score (nSPS) is 12.2. The number of benzene rings is 1. The summed E-state index contributed by atoms with van der Waals surface area (Å²) in [5, 5.41) is 27.7. The van der Waals surface area contributed by atoms with Crippen molar-refractivity contribution in [3.05, 3.63) is 23.3 Å². The molecule has 0 saturated heterocycles. The van der Waals surface area contributed by atoms with Crippen molar-refractivity contribution in [2.75, 3.05) is 7.11 Å². The maximum atomic E-state index is 11.0. The fourth-order valence-corrected chi connectivity index (χ4v) is 1.36. The van der Waals surface area contributed by atoms with E-state index in [-0.39, 0.29) is 22.6 Å². The lowest BCUT2D eigenvalue weighted by atomic mass is 10.0. The third-order valence-electron chi connectivity index (χ3n) is 2.04. The maximum absolute atomic E-state index is 11.0. The van der Waals surface area contributed by atoms with Gasteiger partial charge in [0.15, 0.2) is 11.5 Å². The Bertz CT molecular complexity index is 384. The number of aliphatic hydroxyl groups is 1. The summed E-state index contributed by atoms with van der Waals surface area (Å²) in [4.78, 5) is 11.0. The van der Waals surface area contributed by atoms with Crippen LogP contribution in [0.1, 0.15) is 28.9 Å². The van der Waals surface area contributed by atoms with Gasteiger partial charge >= 0.3 is 5.97 Å². The van der Waals surface area contributed by atoms with Crippen molar-refractivity contribution in [1.29, 1.82) is 0 Å². The highest BCUT2D eigenvalue weighted by Crippen LogP contribution is 2.34. The molecule has 0 aliphatic carbocycles. The number of carboxylic acids is 1. The summed E-state index contributed by atoms with van der Waals surface area (Å²) < 4.78 is 4.79. The molecular weight excluding hydrogens is 200 g/mol. The van der Waals surface area contributed by atoms with Gasteiger partial charge in [0.25, 0.3) is 0 Å². The van der Waals surface area contributed by atoms with E-state index in [1.807, 2.05) is 0 Å². The average Bonchev–Trinajstić information content (AvgIpc) is 2.16. The summed E-state index contributed by atoms with van der Waals surface area (Å²) >= 11 is 0. The molecule has 5 nitrogen and oxygen atoms in total. The number of phenols is 1. The lowest BCUT2D eigenvalue weighted by Crippen LogP contribution is -2.07. The Morgan fingerprint density at radius 1 is 1.47 bits per heavy atom. The molecule has 0 aliphatic rings. The molecule has 0 bridgehead atoms. The molecule has 0 aromatic heterocycles. The van der Waals surface area contributed by atoms with Crippen LogP contribution in [0, 0.1) is 0 Å². The first kappa shape index (κ1) is 11.3. The molecule has 0 spiro atoms. The minimum Gasteiger partial charge on any atom is -0.504 e. The maximum Gasteiger partial charge on any atom is 0.340 e. The van der Waals surface area contributed by atoms with Crippen molar-refractivity contribution < 1.29 is 24.9 Å². The lowest BCUT2D eigenvalue weighted by molar-refractivity contribution is 0.0685. The van der Waals surface area contributed by atoms with E-state index < -0.39 is 12.1 Å². The predicted molar refractivity (Wildman–Crippen MR) is 52.3 cm³/mol. The van der Waals surface area contributed by atoms with Crippen molar-refractivity contribution in [2.24, 2.45) is 0 Å². The van der Waals surface area contributed by atoms with Crippen LogP contribution < -0.4 is 4.74 Å². The predicted octanol–water partition coefficient (Wildman–Crippen LogP) is 1.15. The van der Waals surface area contributed by atoms with Crippen LogP contribution in [-0.4, -0.2) is 28.4 Å². The summed E-state index contributed by atoms with van der Waals surface area (Å²) in [6.07, 6.45) is -0.939. The topological polar surface area (TPSA) is 87.0 Å². The molecule has 0 saturated carbocycles. The Morgan fingerprint density at radius 2 is 2.07 bits per heavy atom. The SMILES string of the molecule is COc1c(O)ccc(C(C)O)c1C(=O)O. The molecule has 0 radical (unpaired) electrons. The summed E-state index contributed by atoms with van der Waals surface area (Å²) in [5.41, 5.74) is -0.00958. The fraction of sp³-hybridized carbons (Fsp3) is 0.300. The molecule has 1 unspecified atom stereocenters. The van der Waals surface area contributed by atoms with Crippen LogP contribution in [-0.2, 0) is 0 Å². The average molecular weight is 212 g/mol. The van der Waals surface area contributed by atoms with E-state index in [0.717, 1.165) is 0 Å². The number of hydrogen-bond acceptors (Lipinski definition) is 4. The van der Waals surface area contributed by atoms with Gasteiger partial charge in [-0.25, -0.2) is 4.79 Å². The van der Waals surface area contributed by atoms with Crippen LogP contribution >= 0.6 is 0 Å². The first-order valence-electron chi connectivity index (χ1n) is 4.30. The summed E-state index contributed by atoms with van der Waals surface area (Å²) in [7, 11) is 1.26. The Hall–Kier alpha value is -1.75. The number of phenolic OH excluding ortho intramolecular Hbond substituents is 1. The van der Waals surface area contributed by atoms with Crippen LogP contribution in [0.4, 0.5) is 0 Å². The largest absolute Gasteiger partial charge is 0.504 e. The number of rotatable bonds is 3. The second kappa shape index (κ2) is 4.18. The number of methoxy groups -OCH3 is 1. The van der Waals surface area contributed by atoms with Crippen LogP contribution in [0.3, 0.4) is 0 Å².